The van der Waals surface area contributed by atoms with E-state index in [2.05, 4.69) is 36.3 Å². The molecule has 2 unspecified atom stereocenters. The van der Waals surface area contributed by atoms with Gasteiger partial charge in [-0.15, -0.1) is 0 Å². The molecule has 1 aliphatic carbocycles. The molecule has 2 rings (SSSR count). The average molecular weight is 218 g/mol. The Balaban J connectivity index is 1.78. The molecule has 0 saturated heterocycles. The molecule has 1 fully saturated rings. The van der Waals surface area contributed by atoms with E-state index < -0.39 is 0 Å². The molecule has 1 aromatic rings. The van der Waals surface area contributed by atoms with Crippen molar-refractivity contribution in [3.8, 4) is 0 Å². The maximum absolute atomic E-state index is 4.06. The standard InChI is InChI=1S/C14H22N2/c1-11(2)16-10-14-4-3-13(14)9-12-5-7-15-8-6-12/h5-8,11,13-14,16H,3-4,9-10H2,1-2H3. The van der Waals surface area contributed by atoms with Crippen LogP contribution in [-0.4, -0.2) is 17.6 Å². The van der Waals surface area contributed by atoms with E-state index in [0.717, 1.165) is 11.8 Å². The summed E-state index contributed by atoms with van der Waals surface area (Å²) in [4.78, 5) is 4.06. The Labute approximate surface area is 98.5 Å². The van der Waals surface area contributed by atoms with Crippen molar-refractivity contribution in [3.63, 3.8) is 0 Å². The second-order valence-corrected chi connectivity index (χ2v) is 5.22. The van der Waals surface area contributed by atoms with Crippen LogP contribution >= 0.6 is 0 Å². The van der Waals surface area contributed by atoms with E-state index >= 15 is 0 Å². The first-order valence-electron chi connectivity index (χ1n) is 6.38. The number of hydrogen-bond donors (Lipinski definition) is 1. The van der Waals surface area contributed by atoms with Crippen LogP contribution in [0.2, 0.25) is 0 Å². The molecular weight excluding hydrogens is 196 g/mol. The predicted molar refractivity (Wildman–Crippen MR) is 67.3 cm³/mol. The first-order valence-corrected chi connectivity index (χ1v) is 6.38. The molecule has 2 atom stereocenters. The highest BCUT2D eigenvalue weighted by Gasteiger charge is 2.30. The van der Waals surface area contributed by atoms with Gasteiger partial charge < -0.3 is 5.32 Å². The lowest BCUT2D eigenvalue weighted by atomic mass is 9.71. The Hall–Kier alpha value is -0.890. The van der Waals surface area contributed by atoms with Crippen molar-refractivity contribution in [2.75, 3.05) is 6.54 Å². The summed E-state index contributed by atoms with van der Waals surface area (Å²) in [5, 5.41) is 3.55. The molecule has 1 aliphatic rings. The van der Waals surface area contributed by atoms with Crippen LogP contribution in [0, 0.1) is 11.8 Å². The van der Waals surface area contributed by atoms with Crippen LogP contribution in [0.3, 0.4) is 0 Å². The van der Waals surface area contributed by atoms with E-state index in [0.29, 0.717) is 6.04 Å². The summed E-state index contributed by atoms with van der Waals surface area (Å²) in [6.07, 6.45) is 7.82. The lowest BCUT2D eigenvalue weighted by Gasteiger charge is -2.37. The number of nitrogens with one attached hydrogen (secondary N) is 1. The molecule has 2 heteroatoms. The minimum Gasteiger partial charge on any atom is -0.314 e. The van der Waals surface area contributed by atoms with Crippen LogP contribution in [-0.2, 0) is 6.42 Å². The first kappa shape index (κ1) is 11.6. The molecule has 0 aliphatic heterocycles. The van der Waals surface area contributed by atoms with Gasteiger partial charge in [0.15, 0.2) is 0 Å². The normalized spacial score (nSPS) is 24.4. The third-order valence-corrected chi connectivity index (χ3v) is 3.61. The van der Waals surface area contributed by atoms with Gasteiger partial charge in [0.05, 0.1) is 0 Å². The second-order valence-electron chi connectivity index (χ2n) is 5.22. The largest absolute Gasteiger partial charge is 0.314 e. The zero-order valence-corrected chi connectivity index (χ0v) is 10.3. The molecule has 1 N–H and O–H groups in total. The van der Waals surface area contributed by atoms with Crippen molar-refractivity contribution in [1.29, 1.82) is 0 Å². The number of nitrogens with zero attached hydrogens (tertiary/aromatic N) is 1. The Kier molecular flexibility index (Phi) is 3.94. The fourth-order valence-corrected chi connectivity index (χ4v) is 2.38. The third kappa shape index (κ3) is 3.05. The molecule has 2 nitrogen and oxygen atoms in total. The summed E-state index contributed by atoms with van der Waals surface area (Å²) in [5.74, 6) is 1.77. The lowest BCUT2D eigenvalue weighted by Crippen LogP contribution is -2.38. The smallest absolute Gasteiger partial charge is 0.0270 e. The van der Waals surface area contributed by atoms with Crippen molar-refractivity contribution >= 4 is 0 Å². The zero-order chi connectivity index (χ0) is 11.4. The van der Waals surface area contributed by atoms with Crippen molar-refractivity contribution in [2.24, 2.45) is 11.8 Å². The fraction of sp³-hybridized carbons (Fsp3) is 0.643. The summed E-state index contributed by atoms with van der Waals surface area (Å²) in [6.45, 7) is 5.63. The van der Waals surface area contributed by atoms with E-state index in [4.69, 9.17) is 0 Å². The fourth-order valence-electron chi connectivity index (χ4n) is 2.38. The zero-order valence-electron chi connectivity index (χ0n) is 10.3. The Bertz CT molecular complexity index is 308. The minimum atomic E-state index is 0.613. The summed E-state index contributed by atoms with van der Waals surface area (Å²) < 4.78 is 0. The Morgan fingerprint density at radius 3 is 2.50 bits per heavy atom. The molecule has 1 aromatic heterocycles. The monoisotopic (exact) mass is 218 g/mol. The van der Waals surface area contributed by atoms with Gasteiger partial charge in [0, 0.05) is 18.4 Å². The van der Waals surface area contributed by atoms with E-state index in [9.17, 15) is 0 Å². The maximum Gasteiger partial charge on any atom is 0.0270 e. The molecule has 0 radical (unpaired) electrons. The summed E-state index contributed by atoms with van der Waals surface area (Å²) in [6, 6.07) is 4.90. The van der Waals surface area contributed by atoms with Gasteiger partial charge in [0.2, 0.25) is 0 Å². The molecule has 1 saturated carbocycles. The third-order valence-electron chi connectivity index (χ3n) is 3.61. The average Bonchev–Trinajstić information content (AvgIpc) is 2.26. The van der Waals surface area contributed by atoms with Gasteiger partial charge in [-0.1, -0.05) is 13.8 Å². The highest BCUT2D eigenvalue weighted by molar-refractivity contribution is 5.11. The maximum atomic E-state index is 4.06. The van der Waals surface area contributed by atoms with E-state index in [1.807, 2.05) is 12.4 Å². The highest BCUT2D eigenvalue weighted by atomic mass is 14.9. The SMILES string of the molecule is CC(C)NCC1CCC1Cc1ccncc1. The first-order chi connectivity index (χ1) is 7.75. The second kappa shape index (κ2) is 5.44. The molecule has 16 heavy (non-hydrogen) atoms. The minimum absolute atomic E-state index is 0.613. The van der Waals surface area contributed by atoms with Crippen LogP contribution in [0.15, 0.2) is 24.5 Å². The number of pyridine rings is 1. The Morgan fingerprint density at radius 1 is 1.25 bits per heavy atom. The number of hydrogen-bond acceptors (Lipinski definition) is 2. The summed E-state index contributed by atoms with van der Waals surface area (Å²) in [5.41, 5.74) is 1.44. The lowest BCUT2D eigenvalue weighted by molar-refractivity contribution is 0.168. The van der Waals surface area contributed by atoms with E-state index in [1.165, 1.54) is 31.4 Å². The van der Waals surface area contributed by atoms with Gasteiger partial charge in [-0.25, -0.2) is 0 Å². The van der Waals surface area contributed by atoms with E-state index in [1.54, 1.807) is 0 Å². The Morgan fingerprint density at radius 2 is 1.94 bits per heavy atom. The van der Waals surface area contributed by atoms with Crippen LogP contribution in [0.1, 0.15) is 32.3 Å². The van der Waals surface area contributed by atoms with Gasteiger partial charge in [-0.05, 0) is 55.3 Å². The van der Waals surface area contributed by atoms with Gasteiger partial charge in [0.25, 0.3) is 0 Å². The molecule has 88 valence electrons. The predicted octanol–water partition coefficient (Wildman–Crippen LogP) is 2.65. The van der Waals surface area contributed by atoms with E-state index in [-0.39, 0.29) is 0 Å². The molecule has 0 aromatic carbocycles. The van der Waals surface area contributed by atoms with Crippen molar-refractivity contribution in [2.45, 2.75) is 39.2 Å². The molecule has 1 heterocycles. The van der Waals surface area contributed by atoms with Crippen LogP contribution in [0.5, 0.6) is 0 Å². The molecular formula is C14H22N2. The molecule has 0 bridgehead atoms. The van der Waals surface area contributed by atoms with Gasteiger partial charge in [-0.3, -0.25) is 4.98 Å². The molecule has 0 amide bonds. The molecule has 0 spiro atoms. The van der Waals surface area contributed by atoms with Crippen LogP contribution < -0.4 is 5.32 Å². The van der Waals surface area contributed by atoms with Crippen molar-refractivity contribution in [3.05, 3.63) is 30.1 Å². The summed E-state index contributed by atoms with van der Waals surface area (Å²) >= 11 is 0. The van der Waals surface area contributed by atoms with Gasteiger partial charge >= 0.3 is 0 Å². The number of aromatic nitrogens is 1. The topological polar surface area (TPSA) is 24.9 Å². The van der Waals surface area contributed by atoms with Crippen LogP contribution in [0.4, 0.5) is 0 Å². The van der Waals surface area contributed by atoms with Crippen molar-refractivity contribution < 1.29 is 0 Å². The van der Waals surface area contributed by atoms with Gasteiger partial charge in [-0.2, -0.15) is 0 Å². The van der Waals surface area contributed by atoms with Crippen LogP contribution in [0.25, 0.3) is 0 Å². The number of rotatable bonds is 5. The van der Waals surface area contributed by atoms with Crippen molar-refractivity contribution in [1.82, 2.24) is 10.3 Å². The van der Waals surface area contributed by atoms with Gasteiger partial charge in [0.1, 0.15) is 0 Å². The highest BCUT2D eigenvalue weighted by Crippen LogP contribution is 2.36. The quantitative estimate of drug-likeness (QED) is 0.822. The summed E-state index contributed by atoms with van der Waals surface area (Å²) in [7, 11) is 0.